The van der Waals surface area contributed by atoms with E-state index in [1.807, 2.05) is 26.0 Å². The first-order valence-electron chi connectivity index (χ1n) is 13.4. The molecule has 0 aromatic heterocycles. The second-order valence-corrected chi connectivity index (χ2v) is 10.8. The SMILES string of the molecule is CC(=O)O[C@@H](C)/C=C\C(=O)N[C@@H]1C[C@H](C)[C@H](C/C=C(C)/C=C/[C@@H]2C[C@]3(CO3)C[C@@H](CC(=O)NO)O2)O[C@@H]1C. The minimum atomic E-state index is -0.465. The molecule has 212 valence electrons. The Balaban J connectivity index is 1.47. The van der Waals surface area contributed by atoms with Gasteiger partial charge < -0.3 is 24.3 Å². The van der Waals surface area contributed by atoms with E-state index in [2.05, 4.69) is 18.3 Å². The van der Waals surface area contributed by atoms with Crippen LogP contribution < -0.4 is 10.8 Å². The average molecular weight is 535 g/mol. The molecule has 3 saturated heterocycles. The van der Waals surface area contributed by atoms with E-state index < -0.39 is 18.0 Å². The fourth-order valence-corrected chi connectivity index (χ4v) is 5.13. The molecule has 0 saturated carbocycles. The Morgan fingerprint density at radius 3 is 2.55 bits per heavy atom. The molecule has 0 radical (unpaired) electrons. The molecule has 0 bridgehead atoms. The van der Waals surface area contributed by atoms with Gasteiger partial charge in [0.05, 0.1) is 49.1 Å². The number of carbonyl (C=O) groups is 3. The summed E-state index contributed by atoms with van der Waals surface area (Å²) in [5.41, 5.74) is 2.54. The van der Waals surface area contributed by atoms with Crippen LogP contribution in [-0.2, 0) is 33.3 Å². The lowest BCUT2D eigenvalue weighted by atomic mass is 9.88. The summed E-state index contributed by atoms with van der Waals surface area (Å²) in [6, 6.07) is -0.103. The summed E-state index contributed by atoms with van der Waals surface area (Å²) >= 11 is 0. The first kappa shape index (κ1) is 30.0. The Morgan fingerprint density at radius 2 is 1.89 bits per heavy atom. The van der Waals surface area contributed by atoms with Crippen LogP contribution in [0, 0.1) is 5.92 Å². The molecule has 3 N–H and O–H groups in total. The maximum absolute atomic E-state index is 12.3. The zero-order valence-corrected chi connectivity index (χ0v) is 23.0. The fraction of sp³-hybridized carbons (Fsp3) is 0.679. The third-order valence-corrected chi connectivity index (χ3v) is 7.29. The van der Waals surface area contributed by atoms with Crippen molar-refractivity contribution in [2.24, 2.45) is 5.92 Å². The number of esters is 1. The maximum atomic E-state index is 12.3. The van der Waals surface area contributed by atoms with Crippen molar-refractivity contribution >= 4 is 17.8 Å². The van der Waals surface area contributed by atoms with Crippen LogP contribution in [0.2, 0.25) is 0 Å². The quantitative estimate of drug-likeness (QED) is 0.0972. The standard InChI is InChI=1S/C28H42N2O8/c1-17(6-9-22-14-28(16-35-28)15-23(38-22)13-27(33)30-34)7-10-25-18(2)12-24(20(4)37-25)29-26(32)11-8-19(3)36-21(5)31/h6-9,11,18-20,22-25,34H,10,12-16H2,1-5H3,(H,29,32)(H,30,33)/b9-6+,11-8-,17-7+/t18-,19-,20+,22+,23+,24+,25-,28+/m0/s1. The van der Waals surface area contributed by atoms with Crippen molar-refractivity contribution in [1.82, 2.24) is 10.8 Å². The lowest BCUT2D eigenvalue weighted by molar-refractivity contribution is -0.143. The van der Waals surface area contributed by atoms with Crippen molar-refractivity contribution in [3.05, 3.63) is 36.0 Å². The zero-order valence-electron chi connectivity index (χ0n) is 23.0. The van der Waals surface area contributed by atoms with E-state index in [1.54, 1.807) is 18.5 Å². The normalized spacial score (nSPS) is 34.3. The van der Waals surface area contributed by atoms with Gasteiger partial charge in [-0.25, -0.2) is 5.48 Å². The largest absolute Gasteiger partial charge is 0.459 e. The van der Waals surface area contributed by atoms with E-state index in [-0.39, 0.29) is 54.3 Å². The topological polar surface area (TPSA) is 136 Å². The molecule has 2 amide bonds. The minimum absolute atomic E-state index is 0.0384. The van der Waals surface area contributed by atoms with Gasteiger partial charge in [-0.15, -0.1) is 0 Å². The molecule has 10 heteroatoms. The second-order valence-electron chi connectivity index (χ2n) is 10.8. The van der Waals surface area contributed by atoms with Crippen LogP contribution in [0.5, 0.6) is 0 Å². The van der Waals surface area contributed by atoms with Gasteiger partial charge in [-0.2, -0.15) is 0 Å². The van der Waals surface area contributed by atoms with Crippen molar-refractivity contribution in [2.75, 3.05) is 6.61 Å². The molecule has 1 spiro atoms. The number of epoxide rings is 1. The summed E-state index contributed by atoms with van der Waals surface area (Å²) in [5.74, 6) is -0.841. The average Bonchev–Trinajstić information content (AvgIpc) is 3.59. The summed E-state index contributed by atoms with van der Waals surface area (Å²) in [6.07, 6.45) is 11.2. The molecule has 3 heterocycles. The number of carbonyl (C=O) groups excluding carboxylic acids is 3. The summed E-state index contributed by atoms with van der Waals surface area (Å²) in [5, 5.41) is 11.8. The number of rotatable bonds is 10. The maximum Gasteiger partial charge on any atom is 0.303 e. The molecule has 0 aromatic carbocycles. The summed E-state index contributed by atoms with van der Waals surface area (Å²) in [6.45, 7) is 9.83. The Hall–Kier alpha value is -2.53. The van der Waals surface area contributed by atoms with E-state index in [4.69, 9.17) is 24.2 Å². The van der Waals surface area contributed by atoms with Crippen LogP contribution in [0.3, 0.4) is 0 Å². The predicted molar refractivity (Wildman–Crippen MR) is 139 cm³/mol. The monoisotopic (exact) mass is 534 g/mol. The van der Waals surface area contributed by atoms with Gasteiger partial charge in [-0.1, -0.05) is 30.7 Å². The second kappa shape index (κ2) is 13.5. The van der Waals surface area contributed by atoms with Crippen molar-refractivity contribution < 1.29 is 38.5 Å². The van der Waals surface area contributed by atoms with Crippen LogP contribution >= 0.6 is 0 Å². The number of hydrogen-bond acceptors (Lipinski definition) is 8. The Kier molecular flexibility index (Phi) is 10.7. The van der Waals surface area contributed by atoms with E-state index >= 15 is 0 Å². The Bertz CT molecular complexity index is 941. The van der Waals surface area contributed by atoms with Crippen molar-refractivity contribution in [1.29, 1.82) is 0 Å². The highest BCUT2D eigenvalue weighted by molar-refractivity contribution is 5.87. The molecular formula is C28H42N2O8. The molecule has 38 heavy (non-hydrogen) atoms. The minimum Gasteiger partial charge on any atom is -0.459 e. The number of hydroxylamine groups is 1. The van der Waals surface area contributed by atoms with Gasteiger partial charge >= 0.3 is 5.97 Å². The third-order valence-electron chi connectivity index (χ3n) is 7.29. The number of hydrogen-bond donors (Lipinski definition) is 3. The highest BCUT2D eigenvalue weighted by Crippen LogP contribution is 2.43. The molecule has 8 atom stereocenters. The van der Waals surface area contributed by atoms with E-state index in [0.717, 1.165) is 24.8 Å². The van der Waals surface area contributed by atoms with Crippen LogP contribution in [0.25, 0.3) is 0 Å². The molecule has 0 aromatic rings. The molecule has 0 aliphatic carbocycles. The first-order valence-corrected chi connectivity index (χ1v) is 13.4. The highest BCUT2D eigenvalue weighted by atomic mass is 16.6. The number of allylic oxidation sites excluding steroid dienone is 2. The Labute approximate surface area is 224 Å². The fourth-order valence-electron chi connectivity index (χ4n) is 5.13. The van der Waals surface area contributed by atoms with Crippen molar-refractivity contribution in [3.8, 4) is 0 Å². The van der Waals surface area contributed by atoms with Gasteiger partial charge in [-0.05, 0) is 45.6 Å². The molecule has 3 aliphatic heterocycles. The van der Waals surface area contributed by atoms with Gasteiger partial charge in [0.1, 0.15) is 6.10 Å². The zero-order chi connectivity index (χ0) is 27.9. The van der Waals surface area contributed by atoms with Crippen LogP contribution in [-0.4, -0.2) is 71.8 Å². The van der Waals surface area contributed by atoms with Gasteiger partial charge in [-0.3, -0.25) is 19.6 Å². The number of ether oxygens (including phenoxy) is 4. The van der Waals surface area contributed by atoms with Crippen LogP contribution in [0.15, 0.2) is 36.0 Å². The molecule has 3 fully saturated rings. The summed E-state index contributed by atoms with van der Waals surface area (Å²) in [7, 11) is 0. The molecule has 0 unspecified atom stereocenters. The predicted octanol–water partition coefficient (Wildman–Crippen LogP) is 2.90. The van der Waals surface area contributed by atoms with Gasteiger partial charge in [0.15, 0.2) is 0 Å². The third kappa shape index (κ3) is 9.34. The van der Waals surface area contributed by atoms with Crippen LogP contribution in [0.4, 0.5) is 0 Å². The lowest BCUT2D eigenvalue weighted by Crippen LogP contribution is -2.50. The Morgan fingerprint density at radius 1 is 1.16 bits per heavy atom. The molecule has 3 aliphatic rings. The van der Waals surface area contributed by atoms with Gasteiger partial charge in [0.2, 0.25) is 11.8 Å². The van der Waals surface area contributed by atoms with Gasteiger partial charge in [0, 0.05) is 25.8 Å². The summed E-state index contributed by atoms with van der Waals surface area (Å²) < 4.78 is 23.0. The van der Waals surface area contributed by atoms with E-state index in [0.29, 0.717) is 13.0 Å². The molecular weight excluding hydrogens is 492 g/mol. The van der Waals surface area contributed by atoms with Gasteiger partial charge in [0.25, 0.3) is 0 Å². The van der Waals surface area contributed by atoms with Crippen molar-refractivity contribution in [2.45, 2.75) is 109 Å². The number of amides is 2. The number of nitrogens with one attached hydrogen (secondary N) is 2. The van der Waals surface area contributed by atoms with E-state index in [9.17, 15) is 14.4 Å². The smallest absolute Gasteiger partial charge is 0.303 e. The lowest BCUT2D eigenvalue weighted by Gasteiger charge is -2.39. The highest BCUT2D eigenvalue weighted by Gasteiger charge is 2.51. The van der Waals surface area contributed by atoms with E-state index in [1.165, 1.54) is 13.0 Å². The first-order chi connectivity index (χ1) is 18.0. The molecule has 3 rings (SSSR count). The van der Waals surface area contributed by atoms with Crippen LogP contribution in [0.1, 0.15) is 66.7 Å². The molecule has 10 nitrogen and oxygen atoms in total. The van der Waals surface area contributed by atoms with Crippen molar-refractivity contribution in [3.63, 3.8) is 0 Å². The summed E-state index contributed by atoms with van der Waals surface area (Å²) in [4.78, 5) is 34.9.